The summed E-state index contributed by atoms with van der Waals surface area (Å²) >= 11 is 0. The zero-order valence-corrected chi connectivity index (χ0v) is 14.8. The van der Waals surface area contributed by atoms with Crippen LogP contribution >= 0.6 is 0 Å². The Morgan fingerprint density at radius 3 is 2.58 bits per heavy atom. The first kappa shape index (κ1) is 17.0. The quantitative estimate of drug-likeness (QED) is 0.878. The summed E-state index contributed by atoms with van der Waals surface area (Å²) in [5.74, 6) is -1.59. The third kappa shape index (κ3) is 2.41. The van der Waals surface area contributed by atoms with E-state index in [1.165, 1.54) is 10.5 Å². The highest BCUT2D eigenvalue weighted by atomic mass is 19.1. The van der Waals surface area contributed by atoms with Gasteiger partial charge in [0.1, 0.15) is 5.56 Å². The van der Waals surface area contributed by atoms with E-state index < -0.39 is 17.3 Å². The second kappa shape index (κ2) is 5.81. The number of carboxylic acids is 1. The average Bonchev–Trinajstić information content (AvgIpc) is 3.37. The van der Waals surface area contributed by atoms with Crippen LogP contribution in [0.5, 0.6) is 0 Å². The number of pyridine rings is 2. The van der Waals surface area contributed by atoms with Gasteiger partial charge in [-0.25, -0.2) is 9.18 Å². The zero-order valence-electron chi connectivity index (χ0n) is 14.8. The van der Waals surface area contributed by atoms with Gasteiger partial charge in [-0.15, -0.1) is 0 Å². The highest BCUT2D eigenvalue weighted by molar-refractivity contribution is 5.89. The maximum Gasteiger partial charge on any atom is 0.341 e. The Labute approximate surface area is 150 Å². The van der Waals surface area contributed by atoms with Gasteiger partial charge < -0.3 is 15.7 Å². The van der Waals surface area contributed by atoms with E-state index in [9.17, 15) is 14.7 Å². The van der Waals surface area contributed by atoms with Crippen LogP contribution in [0, 0.1) is 12.7 Å². The number of halogens is 1. The number of hydrogen-bond acceptors (Lipinski definition) is 4. The molecule has 6 nitrogen and oxygen atoms in total. The number of nitrogens with zero attached hydrogens (tertiary/aromatic N) is 2. The first-order valence-corrected chi connectivity index (χ1v) is 8.95. The standard InChI is InChI=1S/C19H22FN3O3/c1-9-16-12(11-3-4-11)7-13(19(25)26)18(24)23(16)8-14(20)17(9)22-6-5-15(21)10(22)2/h7-8,10-11,15H,3-6,21H2,1-2H3,(H,25,26). The number of aromatic carboxylic acids is 1. The maximum atomic E-state index is 15.0. The summed E-state index contributed by atoms with van der Waals surface area (Å²) in [5.41, 5.74) is 7.67. The molecule has 0 radical (unpaired) electrons. The van der Waals surface area contributed by atoms with E-state index in [1.54, 1.807) is 6.92 Å². The van der Waals surface area contributed by atoms with Crippen LogP contribution in [-0.4, -0.2) is 34.1 Å². The van der Waals surface area contributed by atoms with Crippen molar-refractivity contribution in [3.05, 3.63) is 45.1 Å². The fourth-order valence-electron chi connectivity index (χ4n) is 4.13. The first-order chi connectivity index (χ1) is 12.3. The fraction of sp³-hybridized carbons (Fsp3) is 0.474. The predicted octanol–water partition coefficient (Wildman–Crippen LogP) is 2.25. The lowest BCUT2D eigenvalue weighted by atomic mass is 10.0. The first-order valence-electron chi connectivity index (χ1n) is 8.95. The molecule has 1 aliphatic heterocycles. The molecule has 138 valence electrons. The van der Waals surface area contributed by atoms with Crippen LogP contribution in [-0.2, 0) is 0 Å². The van der Waals surface area contributed by atoms with Crippen molar-refractivity contribution >= 4 is 17.2 Å². The minimum Gasteiger partial charge on any atom is -0.477 e. The lowest BCUT2D eigenvalue weighted by Crippen LogP contribution is -2.38. The lowest BCUT2D eigenvalue weighted by molar-refractivity contribution is 0.0694. The summed E-state index contributed by atoms with van der Waals surface area (Å²) in [4.78, 5) is 26.0. The van der Waals surface area contributed by atoms with E-state index in [0.29, 0.717) is 23.3 Å². The van der Waals surface area contributed by atoms with Gasteiger partial charge in [-0.05, 0) is 56.2 Å². The molecule has 3 N–H and O–H groups in total. The molecule has 2 aromatic heterocycles. The Hall–Kier alpha value is -2.41. The normalized spacial score (nSPS) is 23.0. The lowest BCUT2D eigenvalue weighted by Gasteiger charge is -2.28. The monoisotopic (exact) mass is 359 g/mol. The second-order valence-corrected chi connectivity index (χ2v) is 7.45. The van der Waals surface area contributed by atoms with Crippen molar-refractivity contribution in [1.82, 2.24) is 4.40 Å². The molecule has 2 aliphatic rings. The van der Waals surface area contributed by atoms with Crippen LogP contribution in [0.2, 0.25) is 0 Å². The largest absolute Gasteiger partial charge is 0.477 e. The van der Waals surface area contributed by atoms with Gasteiger partial charge in [0, 0.05) is 18.6 Å². The van der Waals surface area contributed by atoms with Crippen molar-refractivity contribution in [2.45, 2.75) is 51.1 Å². The highest BCUT2D eigenvalue weighted by Gasteiger charge is 2.34. The van der Waals surface area contributed by atoms with E-state index in [2.05, 4.69) is 0 Å². The van der Waals surface area contributed by atoms with E-state index in [4.69, 9.17) is 5.73 Å². The number of aromatic nitrogens is 1. The summed E-state index contributed by atoms with van der Waals surface area (Å²) in [7, 11) is 0. The van der Waals surface area contributed by atoms with Crippen LogP contribution in [0.15, 0.2) is 17.1 Å². The Bertz CT molecular complexity index is 980. The van der Waals surface area contributed by atoms with Crippen LogP contribution in [0.4, 0.5) is 10.1 Å². The van der Waals surface area contributed by atoms with Crippen LogP contribution in [0.25, 0.3) is 5.52 Å². The van der Waals surface area contributed by atoms with E-state index in [1.807, 2.05) is 11.8 Å². The van der Waals surface area contributed by atoms with Crippen molar-refractivity contribution in [3.63, 3.8) is 0 Å². The van der Waals surface area contributed by atoms with Gasteiger partial charge in [-0.1, -0.05) is 0 Å². The van der Waals surface area contributed by atoms with E-state index in [0.717, 1.165) is 31.0 Å². The van der Waals surface area contributed by atoms with Gasteiger partial charge in [-0.3, -0.25) is 9.20 Å². The highest BCUT2D eigenvalue weighted by Crippen LogP contribution is 2.44. The van der Waals surface area contributed by atoms with Crippen molar-refractivity contribution in [2.24, 2.45) is 5.73 Å². The number of carboxylic acid groups (broad SMARTS) is 1. The maximum absolute atomic E-state index is 15.0. The molecule has 1 saturated carbocycles. The Balaban J connectivity index is 2.03. The van der Waals surface area contributed by atoms with Crippen molar-refractivity contribution in [2.75, 3.05) is 11.4 Å². The topological polar surface area (TPSA) is 88.0 Å². The number of nitrogens with two attached hydrogens (primary N) is 1. The van der Waals surface area contributed by atoms with Crippen LogP contribution in [0.3, 0.4) is 0 Å². The third-order valence-corrected chi connectivity index (χ3v) is 5.79. The minimum absolute atomic E-state index is 0.0000368. The van der Waals surface area contributed by atoms with Crippen LogP contribution in [0.1, 0.15) is 53.6 Å². The molecule has 7 heteroatoms. The number of fused-ring (bicyclic) bond motifs is 1. The molecular weight excluding hydrogens is 337 g/mol. The molecule has 26 heavy (non-hydrogen) atoms. The molecule has 2 fully saturated rings. The van der Waals surface area contributed by atoms with Gasteiger partial charge in [0.05, 0.1) is 17.4 Å². The summed E-state index contributed by atoms with van der Waals surface area (Å²) < 4.78 is 16.2. The predicted molar refractivity (Wildman–Crippen MR) is 96.7 cm³/mol. The van der Waals surface area contributed by atoms with Crippen molar-refractivity contribution in [3.8, 4) is 0 Å². The average molecular weight is 359 g/mol. The Morgan fingerprint density at radius 1 is 1.35 bits per heavy atom. The SMILES string of the molecule is Cc1c(N2CCC(N)C2C)c(F)cn2c(=O)c(C(=O)O)cc(C3CC3)c12. The van der Waals surface area contributed by atoms with Gasteiger partial charge in [0.15, 0.2) is 5.82 Å². The molecule has 2 aromatic rings. The number of aryl methyl sites for hydroxylation is 1. The summed E-state index contributed by atoms with van der Waals surface area (Å²) in [6.07, 6.45) is 3.81. The van der Waals surface area contributed by atoms with Gasteiger partial charge in [-0.2, -0.15) is 0 Å². The molecule has 0 aromatic carbocycles. The molecule has 0 spiro atoms. The second-order valence-electron chi connectivity index (χ2n) is 7.45. The fourth-order valence-corrected chi connectivity index (χ4v) is 4.13. The minimum atomic E-state index is -1.28. The molecular formula is C19H22FN3O3. The van der Waals surface area contributed by atoms with Crippen molar-refractivity contribution < 1.29 is 14.3 Å². The van der Waals surface area contributed by atoms with Gasteiger partial charge in [0.25, 0.3) is 5.56 Å². The van der Waals surface area contributed by atoms with Gasteiger partial charge >= 0.3 is 5.97 Å². The van der Waals surface area contributed by atoms with E-state index in [-0.39, 0.29) is 23.6 Å². The molecule has 2 unspecified atom stereocenters. The van der Waals surface area contributed by atoms with E-state index >= 15 is 4.39 Å². The van der Waals surface area contributed by atoms with Gasteiger partial charge in [0.2, 0.25) is 0 Å². The van der Waals surface area contributed by atoms with Crippen LogP contribution < -0.4 is 16.2 Å². The third-order valence-electron chi connectivity index (χ3n) is 5.79. The molecule has 1 saturated heterocycles. The molecule has 3 heterocycles. The molecule has 0 amide bonds. The molecule has 1 aliphatic carbocycles. The number of anilines is 1. The Kier molecular flexibility index (Phi) is 3.80. The molecule has 0 bridgehead atoms. The molecule has 2 atom stereocenters. The molecule has 4 rings (SSSR count). The zero-order chi connectivity index (χ0) is 18.7. The number of rotatable bonds is 3. The number of hydrogen-bond donors (Lipinski definition) is 2. The summed E-state index contributed by atoms with van der Waals surface area (Å²) in [5, 5.41) is 9.35. The van der Waals surface area contributed by atoms with Crippen molar-refractivity contribution in [1.29, 1.82) is 0 Å². The summed E-state index contributed by atoms with van der Waals surface area (Å²) in [6, 6.07) is 1.45. The Morgan fingerprint density at radius 2 is 2.04 bits per heavy atom. The summed E-state index contributed by atoms with van der Waals surface area (Å²) in [6.45, 7) is 4.44. The smallest absolute Gasteiger partial charge is 0.341 e. The number of carbonyl (C=O) groups is 1.